The number of aromatic hydroxyl groups is 1. The largest absolute Gasteiger partial charge is 0.508 e. The first kappa shape index (κ1) is 16.8. The normalized spacial score (nSPS) is 21.0. The topological polar surface area (TPSA) is 84.1 Å². The van der Waals surface area contributed by atoms with E-state index in [1.54, 1.807) is 28.9 Å². The maximum absolute atomic E-state index is 12.5. The van der Waals surface area contributed by atoms with Crippen LogP contribution in [-0.2, 0) is 4.79 Å². The summed E-state index contributed by atoms with van der Waals surface area (Å²) in [5.41, 5.74) is 0.743. The summed E-state index contributed by atoms with van der Waals surface area (Å²) < 4.78 is 1.57. The van der Waals surface area contributed by atoms with E-state index in [4.69, 9.17) is 0 Å². The number of amides is 1. The number of benzene rings is 1. The highest BCUT2D eigenvalue weighted by molar-refractivity contribution is 7.99. The van der Waals surface area contributed by atoms with Crippen molar-refractivity contribution in [1.29, 1.82) is 0 Å². The van der Waals surface area contributed by atoms with Crippen molar-refractivity contribution in [3.63, 3.8) is 0 Å². The van der Waals surface area contributed by atoms with Crippen molar-refractivity contribution in [2.24, 2.45) is 11.8 Å². The van der Waals surface area contributed by atoms with E-state index >= 15 is 0 Å². The van der Waals surface area contributed by atoms with Gasteiger partial charge in [0.2, 0.25) is 11.1 Å². The fourth-order valence-corrected chi connectivity index (χ4v) is 3.90. The minimum absolute atomic E-state index is 0.124. The Balaban J connectivity index is 1.64. The van der Waals surface area contributed by atoms with Gasteiger partial charge < -0.3 is 10.0 Å². The maximum atomic E-state index is 12.5. The van der Waals surface area contributed by atoms with Crippen LogP contribution in [0.4, 0.5) is 0 Å². The summed E-state index contributed by atoms with van der Waals surface area (Å²) in [5, 5.41) is 21.6. The molecule has 128 valence electrons. The van der Waals surface area contributed by atoms with Gasteiger partial charge in [-0.3, -0.25) is 4.79 Å². The molecule has 1 aliphatic rings. The number of likely N-dealkylation sites (tertiary alicyclic amines) is 1. The summed E-state index contributed by atoms with van der Waals surface area (Å²) in [6.07, 6.45) is 1.18. The first-order chi connectivity index (χ1) is 11.5. The van der Waals surface area contributed by atoms with Crippen molar-refractivity contribution in [3.8, 4) is 11.4 Å². The third-order valence-electron chi connectivity index (χ3n) is 4.08. The molecular formula is C16H21N5O2S. The molecule has 0 radical (unpaired) electrons. The second kappa shape index (κ2) is 7.21. The van der Waals surface area contributed by atoms with Gasteiger partial charge in [-0.15, -0.1) is 5.10 Å². The van der Waals surface area contributed by atoms with Crippen molar-refractivity contribution in [2.45, 2.75) is 25.4 Å². The number of phenolic OH excluding ortho intramolecular Hbond substituents is 1. The molecule has 1 aromatic heterocycles. The van der Waals surface area contributed by atoms with Crippen LogP contribution >= 0.6 is 11.8 Å². The van der Waals surface area contributed by atoms with Crippen LogP contribution in [-0.4, -0.2) is 55.0 Å². The summed E-state index contributed by atoms with van der Waals surface area (Å²) in [4.78, 5) is 14.4. The van der Waals surface area contributed by atoms with Gasteiger partial charge >= 0.3 is 0 Å². The fraction of sp³-hybridized carbons (Fsp3) is 0.500. The number of thioether (sulfide) groups is 1. The van der Waals surface area contributed by atoms with Crippen LogP contribution in [0.15, 0.2) is 29.4 Å². The average Bonchev–Trinajstić information content (AvgIpc) is 3.01. The average molecular weight is 347 g/mol. The molecule has 0 aliphatic carbocycles. The lowest BCUT2D eigenvalue weighted by Gasteiger charge is -2.34. The van der Waals surface area contributed by atoms with E-state index < -0.39 is 0 Å². The van der Waals surface area contributed by atoms with E-state index in [0.29, 0.717) is 22.7 Å². The predicted molar refractivity (Wildman–Crippen MR) is 91.1 cm³/mol. The van der Waals surface area contributed by atoms with Crippen molar-refractivity contribution >= 4 is 17.7 Å². The Kier molecular flexibility index (Phi) is 5.03. The van der Waals surface area contributed by atoms with Crippen LogP contribution in [0.5, 0.6) is 5.75 Å². The number of hydrogen-bond acceptors (Lipinski definition) is 6. The molecule has 8 heteroatoms. The Morgan fingerprint density at radius 2 is 1.92 bits per heavy atom. The second-order valence-corrected chi connectivity index (χ2v) is 7.37. The van der Waals surface area contributed by atoms with Crippen LogP contribution < -0.4 is 0 Å². The molecule has 1 saturated heterocycles. The van der Waals surface area contributed by atoms with Crippen LogP contribution in [0.25, 0.3) is 5.69 Å². The van der Waals surface area contributed by atoms with Gasteiger partial charge in [0.05, 0.1) is 11.4 Å². The molecule has 1 aliphatic heterocycles. The number of carbonyl (C=O) groups excluding carboxylic acids is 1. The van der Waals surface area contributed by atoms with Gasteiger partial charge in [-0.2, -0.15) is 4.68 Å². The van der Waals surface area contributed by atoms with Gasteiger partial charge in [0, 0.05) is 13.1 Å². The SMILES string of the molecule is CC1CC(C)CN(C(=O)CSc2nnnn2-c2ccc(O)cc2)C1. The van der Waals surface area contributed by atoms with E-state index in [1.807, 2.05) is 4.90 Å². The molecule has 2 atom stereocenters. The van der Waals surface area contributed by atoms with Gasteiger partial charge in [0.15, 0.2) is 0 Å². The Labute approximate surface area is 145 Å². The van der Waals surface area contributed by atoms with E-state index in [1.165, 1.54) is 18.2 Å². The van der Waals surface area contributed by atoms with Gasteiger partial charge in [0.1, 0.15) is 5.75 Å². The first-order valence-corrected chi connectivity index (χ1v) is 9.00. The lowest BCUT2D eigenvalue weighted by molar-refractivity contribution is -0.130. The molecule has 1 amide bonds. The number of carbonyl (C=O) groups is 1. The number of rotatable bonds is 4. The number of piperidine rings is 1. The first-order valence-electron chi connectivity index (χ1n) is 8.01. The molecular weight excluding hydrogens is 326 g/mol. The lowest BCUT2D eigenvalue weighted by Crippen LogP contribution is -2.43. The number of aromatic nitrogens is 4. The van der Waals surface area contributed by atoms with E-state index in [-0.39, 0.29) is 11.7 Å². The Morgan fingerprint density at radius 3 is 2.58 bits per heavy atom. The Bertz CT molecular complexity index is 693. The lowest BCUT2D eigenvalue weighted by atomic mass is 9.92. The zero-order valence-electron chi connectivity index (χ0n) is 13.8. The van der Waals surface area contributed by atoms with Crippen LogP contribution in [0.3, 0.4) is 0 Å². The van der Waals surface area contributed by atoms with E-state index in [9.17, 15) is 9.90 Å². The summed E-state index contributed by atoms with van der Waals surface area (Å²) >= 11 is 1.33. The predicted octanol–water partition coefficient (Wildman–Crippen LogP) is 1.96. The zero-order chi connectivity index (χ0) is 17.1. The standard InChI is InChI=1S/C16H21N5O2S/c1-11-7-12(2)9-20(8-11)15(23)10-24-16-17-18-19-21(16)13-3-5-14(22)6-4-13/h3-6,11-12,22H,7-10H2,1-2H3. The molecule has 0 bridgehead atoms. The summed E-state index contributed by atoms with van der Waals surface area (Å²) in [5.74, 6) is 1.72. The van der Waals surface area contributed by atoms with E-state index in [2.05, 4.69) is 29.4 Å². The van der Waals surface area contributed by atoms with Crippen LogP contribution in [0, 0.1) is 11.8 Å². The molecule has 0 spiro atoms. The van der Waals surface area contributed by atoms with Gasteiger partial charge in [-0.05, 0) is 52.9 Å². The Hall–Kier alpha value is -2.09. The molecule has 2 aromatic rings. The molecule has 7 nitrogen and oxygen atoms in total. The molecule has 3 rings (SSSR count). The van der Waals surface area contributed by atoms with Crippen molar-refractivity contribution in [3.05, 3.63) is 24.3 Å². The van der Waals surface area contributed by atoms with Crippen LogP contribution in [0.2, 0.25) is 0 Å². The quantitative estimate of drug-likeness (QED) is 0.851. The number of tetrazole rings is 1. The summed E-state index contributed by atoms with van der Waals surface area (Å²) in [6, 6.07) is 6.61. The fourth-order valence-electron chi connectivity index (χ4n) is 3.11. The van der Waals surface area contributed by atoms with Gasteiger partial charge in [0.25, 0.3) is 0 Å². The van der Waals surface area contributed by atoms with Crippen molar-refractivity contribution in [2.75, 3.05) is 18.8 Å². The number of hydrogen-bond donors (Lipinski definition) is 1. The number of phenols is 1. The zero-order valence-corrected chi connectivity index (χ0v) is 14.6. The molecule has 1 N–H and O–H groups in total. The summed E-state index contributed by atoms with van der Waals surface area (Å²) in [7, 11) is 0. The third kappa shape index (κ3) is 3.87. The smallest absolute Gasteiger partial charge is 0.233 e. The molecule has 2 unspecified atom stereocenters. The maximum Gasteiger partial charge on any atom is 0.233 e. The summed E-state index contributed by atoms with van der Waals surface area (Å²) in [6.45, 7) is 6.03. The Morgan fingerprint density at radius 1 is 1.25 bits per heavy atom. The number of nitrogens with zero attached hydrogens (tertiary/aromatic N) is 5. The van der Waals surface area contributed by atoms with Gasteiger partial charge in [-0.1, -0.05) is 25.6 Å². The molecule has 24 heavy (non-hydrogen) atoms. The molecule has 1 aromatic carbocycles. The van der Waals surface area contributed by atoms with Crippen molar-refractivity contribution in [1.82, 2.24) is 25.1 Å². The van der Waals surface area contributed by atoms with Gasteiger partial charge in [-0.25, -0.2) is 0 Å². The minimum Gasteiger partial charge on any atom is -0.508 e. The minimum atomic E-state index is 0.124. The highest BCUT2D eigenvalue weighted by Gasteiger charge is 2.25. The van der Waals surface area contributed by atoms with E-state index in [0.717, 1.165) is 18.8 Å². The highest BCUT2D eigenvalue weighted by atomic mass is 32.2. The molecule has 2 heterocycles. The second-order valence-electron chi connectivity index (χ2n) is 6.42. The van der Waals surface area contributed by atoms with Crippen LogP contribution in [0.1, 0.15) is 20.3 Å². The molecule has 0 saturated carbocycles. The molecule has 1 fully saturated rings. The third-order valence-corrected chi connectivity index (χ3v) is 4.99. The monoisotopic (exact) mass is 347 g/mol. The highest BCUT2D eigenvalue weighted by Crippen LogP contribution is 2.24. The van der Waals surface area contributed by atoms with Crippen molar-refractivity contribution < 1.29 is 9.90 Å².